The van der Waals surface area contributed by atoms with Crippen LogP contribution < -0.4 is 5.32 Å². The van der Waals surface area contributed by atoms with E-state index in [1.165, 1.54) is 52.2 Å². The summed E-state index contributed by atoms with van der Waals surface area (Å²) in [7, 11) is 0. The molecular weight excluding hydrogens is 288 g/mol. The standard InChI is InChI=1S/C15H17BrN2/c16-14-9-18-5-1-2-11-6-10(7-13(14)15(11)18)8-17-12-3-4-12/h6-7,9,12,17H,1-5,8H2. The van der Waals surface area contributed by atoms with Crippen molar-refractivity contribution in [2.24, 2.45) is 0 Å². The molecule has 18 heavy (non-hydrogen) atoms. The second-order valence-electron chi connectivity index (χ2n) is 5.58. The van der Waals surface area contributed by atoms with Gasteiger partial charge in [0.05, 0.1) is 5.52 Å². The lowest BCUT2D eigenvalue weighted by atomic mass is 10.0. The van der Waals surface area contributed by atoms with E-state index in [-0.39, 0.29) is 0 Å². The van der Waals surface area contributed by atoms with Crippen molar-refractivity contribution in [3.63, 3.8) is 0 Å². The van der Waals surface area contributed by atoms with Gasteiger partial charge in [0.2, 0.25) is 0 Å². The molecule has 2 nitrogen and oxygen atoms in total. The predicted octanol–water partition coefficient (Wildman–Crippen LogP) is 3.60. The number of benzene rings is 1. The molecular formula is C15H17BrN2. The molecule has 1 aliphatic carbocycles. The minimum atomic E-state index is 0.782. The quantitative estimate of drug-likeness (QED) is 0.917. The van der Waals surface area contributed by atoms with E-state index in [0.29, 0.717) is 0 Å². The van der Waals surface area contributed by atoms with E-state index < -0.39 is 0 Å². The Hall–Kier alpha value is -0.800. The summed E-state index contributed by atoms with van der Waals surface area (Å²) < 4.78 is 3.64. The summed E-state index contributed by atoms with van der Waals surface area (Å²) in [6.45, 7) is 2.18. The Morgan fingerprint density at radius 1 is 1.33 bits per heavy atom. The number of rotatable bonds is 3. The fourth-order valence-electron chi connectivity index (χ4n) is 3.01. The van der Waals surface area contributed by atoms with Gasteiger partial charge in [-0.05, 0) is 58.8 Å². The van der Waals surface area contributed by atoms with E-state index in [0.717, 1.165) is 19.1 Å². The molecule has 3 heteroatoms. The lowest BCUT2D eigenvalue weighted by molar-refractivity contribution is 0.633. The maximum atomic E-state index is 3.71. The van der Waals surface area contributed by atoms with Crippen molar-refractivity contribution in [1.29, 1.82) is 0 Å². The van der Waals surface area contributed by atoms with E-state index >= 15 is 0 Å². The van der Waals surface area contributed by atoms with Crippen LogP contribution in [-0.2, 0) is 19.5 Å². The van der Waals surface area contributed by atoms with Crippen molar-refractivity contribution in [3.8, 4) is 0 Å². The molecule has 1 aromatic carbocycles. The summed E-state index contributed by atoms with van der Waals surface area (Å²) >= 11 is 3.71. The van der Waals surface area contributed by atoms with E-state index in [4.69, 9.17) is 0 Å². The molecule has 2 aliphatic rings. The molecule has 0 unspecified atom stereocenters. The molecule has 2 heterocycles. The first-order chi connectivity index (χ1) is 8.81. The maximum Gasteiger partial charge on any atom is 0.0524 e. The summed E-state index contributed by atoms with van der Waals surface area (Å²) in [6, 6.07) is 5.53. The number of halogens is 1. The van der Waals surface area contributed by atoms with Gasteiger partial charge in [-0.1, -0.05) is 6.07 Å². The molecule has 0 radical (unpaired) electrons. The maximum absolute atomic E-state index is 3.71. The summed E-state index contributed by atoms with van der Waals surface area (Å²) in [5.41, 5.74) is 4.41. The fourth-order valence-corrected chi connectivity index (χ4v) is 3.56. The molecule has 0 bridgehead atoms. The zero-order valence-electron chi connectivity index (χ0n) is 10.4. The molecule has 1 aliphatic heterocycles. The number of aryl methyl sites for hydroxylation is 2. The Morgan fingerprint density at radius 3 is 3.06 bits per heavy atom. The second-order valence-corrected chi connectivity index (χ2v) is 6.43. The van der Waals surface area contributed by atoms with Gasteiger partial charge in [-0.15, -0.1) is 0 Å². The van der Waals surface area contributed by atoms with Crippen LogP contribution in [0, 0.1) is 0 Å². The highest BCUT2D eigenvalue weighted by atomic mass is 79.9. The van der Waals surface area contributed by atoms with E-state index in [1.54, 1.807) is 0 Å². The Labute approximate surface area is 115 Å². The summed E-state index contributed by atoms with van der Waals surface area (Å²) in [5, 5.41) is 5.00. The third-order valence-corrected chi connectivity index (χ3v) is 4.71. The molecule has 1 fully saturated rings. The molecule has 1 N–H and O–H groups in total. The van der Waals surface area contributed by atoms with Crippen LogP contribution in [-0.4, -0.2) is 10.6 Å². The Bertz CT molecular complexity index is 610. The number of nitrogens with zero attached hydrogens (tertiary/aromatic N) is 1. The SMILES string of the molecule is Brc1cn2c3c(cc(CNC4CC4)cc13)CCC2. The van der Waals surface area contributed by atoms with Crippen LogP contribution in [0.5, 0.6) is 0 Å². The lowest BCUT2D eigenvalue weighted by Crippen LogP contribution is -2.16. The second kappa shape index (κ2) is 4.10. The minimum Gasteiger partial charge on any atom is -0.346 e. The van der Waals surface area contributed by atoms with Crippen molar-refractivity contribution < 1.29 is 0 Å². The number of aromatic nitrogens is 1. The van der Waals surface area contributed by atoms with Crippen LogP contribution in [0.4, 0.5) is 0 Å². The van der Waals surface area contributed by atoms with Crippen LogP contribution in [0.25, 0.3) is 10.9 Å². The normalized spacial score (nSPS) is 18.5. The average Bonchev–Trinajstić information content (AvgIpc) is 3.14. The van der Waals surface area contributed by atoms with Gasteiger partial charge >= 0.3 is 0 Å². The fraction of sp³-hybridized carbons (Fsp3) is 0.467. The van der Waals surface area contributed by atoms with Gasteiger partial charge in [-0.3, -0.25) is 0 Å². The zero-order chi connectivity index (χ0) is 12.1. The van der Waals surface area contributed by atoms with Gasteiger partial charge in [-0.25, -0.2) is 0 Å². The third kappa shape index (κ3) is 1.81. The molecule has 0 amide bonds. The van der Waals surface area contributed by atoms with Crippen LogP contribution >= 0.6 is 15.9 Å². The number of nitrogens with one attached hydrogen (secondary N) is 1. The monoisotopic (exact) mass is 304 g/mol. The highest BCUT2D eigenvalue weighted by Crippen LogP contribution is 2.33. The van der Waals surface area contributed by atoms with Gasteiger partial charge < -0.3 is 9.88 Å². The van der Waals surface area contributed by atoms with Crippen LogP contribution in [0.15, 0.2) is 22.8 Å². The minimum absolute atomic E-state index is 0.782. The van der Waals surface area contributed by atoms with Crippen molar-refractivity contribution in [1.82, 2.24) is 9.88 Å². The highest BCUT2D eigenvalue weighted by Gasteiger charge is 2.21. The van der Waals surface area contributed by atoms with Crippen LogP contribution in [0.1, 0.15) is 30.4 Å². The van der Waals surface area contributed by atoms with E-state index in [9.17, 15) is 0 Å². The Morgan fingerprint density at radius 2 is 2.22 bits per heavy atom. The van der Waals surface area contributed by atoms with Crippen molar-refractivity contribution >= 4 is 26.8 Å². The molecule has 2 aromatic rings. The van der Waals surface area contributed by atoms with Crippen LogP contribution in [0.2, 0.25) is 0 Å². The first kappa shape index (κ1) is 11.1. The highest BCUT2D eigenvalue weighted by molar-refractivity contribution is 9.10. The van der Waals surface area contributed by atoms with Gasteiger partial charge in [0.15, 0.2) is 0 Å². The van der Waals surface area contributed by atoms with E-state index in [2.05, 4.69) is 44.1 Å². The molecule has 1 aromatic heterocycles. The van der Waals surface area contributed by atoms with Crippen molar-refractivity contribution in [2.45, 2.75) is 44.8 Å². The summed E-state index contributed by atoms with van der Waals surface area (Å²) in [4.78, 5) is 0. The predicted molar refractivity (Wildman–Crippen MR) is 77.8 cm³/mol. The first-order valence-electron chi connectivity index (χ1n) is 6.85. The Kier molecular flexibility index (Phi) is 2.52. The van der Waals surface area contributed by atoms with E-state index in [1.807, 2.05) is 0 Å². The largest absolute Gasteiger partial charge is 0.346 e. The summed E-state index contributed by atoms with van der Waals surface area (Å²) in [6.07, 6.45) is 7.45. The topological polar surface area (TPSA) is 17.0 Å². The molecule has 4 rings (SSSR count). The van der Waals surface area contributed by atoms with Crippen LogP contribution in [0.3, 0.4) is 0 Å². The zero-order valence-corrected chi connectivity index (χ0v) is 12.0. The third-order valence-electron chi connectivity index (χ3n) is 4.08. The number of hydrogen-bond donors (Lipinski definition) is 1. The number of hydrogen-bond acceptors (Lipinski definition) is 1. The molecule has 0 spiro atoms. The molecule has 0 saturated heterocycles. The lowest BCUT2D eigenvalue weighted by Gasteiger charge is -2.17. The molecule has 94 valence electrons. The van der Waals surface area contributed by atoms with Gasteiger partial charge in [0, 0.05) is 35.2 Å². The van der Waals surface area contributed by atoms with Gasteiger partial charge in [-0.2, -0.15) is 0 Å². The van der Waals surface area contributed by atoms with Gasteiger partial charge in [0.1, 0.15) is 0 Å². The summed E-state index contributed by atoms with van der Waals surface area (Å²) in [5.74, 6) is 0. The molecule has 1 saturated carbocycles. The van der Waals surface area contributed by atoms with Gasteiger partial charge in [0.25, 0.3) is 0 Å². The molecule has 0 atom stereocenters. The average molecular weight is 305 g/mol. The van der Waals surface area contributed by atoms with Crippen molar-refractivity contribution in [2.75, 3.05) is 0 Å². The first-order valence-corrected chi connectivity index (χ1v) is 7.64. The van der Waals surface area contributed by atoms with Crippen molar-refractivity contribution in [3.05, 3.63) is 33.9 Å². The smallest absolute Gasteiger partial charge is 0.0524 e. The Balaban J connectivity index is 1.78.